The Kier molecular flexibility index (Phi) is 9.30. The van der Waals surface area contributed by atoms with Gasteiger partial charge in [-0.3, -0.25) is 10.1 Å². The molecule has 2 aliphatic carbocycles. The lowest BCUT2D eigenvalue weighted by molar-refractivity contribution is -0.163. The smallest absolute Gasteiger partial charge is 0.353 e. The summed E-state index contributed by atoms with van der Waals surface area (Å²) in [5.74, 6) is -2.17. The minimum absolute atomic E-state index is 0.0500. The van der Waals surface area contributed by atoms with Gasteiger partial charge in [-0.15, -0.1) is 23.2 Å². The molecule has 9 atom stereocenters. The van der Waals surface area contributed by atoms with Crippen LogP contribution in [0.2, 0.25) is 0 Å². The monoisotopic (exact) mass is 535 g/mol. The van der Waals surface area contributed by atoms with Gasteiger partial charge in [0.25, 0.3) is 0 Å². The SMILES string of the molecule is CCN1NC(C(F)(F)F)C(C)C1/N=C(/NC(=O)C1CCC(Cl)C(F)C1)NC1CC(F)CC(Cl)C1. The molecule has 2 saturated carbocycles. The summed E-state index contributed by atoms with van der Waals surface area (Å²) in [6.07, 6.45) is -6.50. The van der Waals surface area contributed by atoms with E-state index in [1.54, 1.807) is 6.92 Å². The summed E-state index contributed by atoms with van der Waals surface area (Å²) in [5, 5.41) is 5.91. The lowest BCUT2D eigenvalue weighted by Gasteiger charge is -2.32. The van der Waals surface area contributed by atoms with Crippen molar-refractivity contribution in [1.29, 1.82) is 0 Å². The largest absolute Gasteiger partial charge is 0.405 e. The van der Waals surface area contributed by atoms with E-state index < -0.39 is 65.3 Å². The average molecular weight is 536 g/mol. The molecular formula is C21H32Cl2F5N5O. The number of rotatable bonds is 4. The van der Waals surface area contributed by atoms with Crippen molar-refractivity contribution in [2.75, 3.05) is 6.54 Å². The van der Waals surface area contributed by atoms with Gasteiger partial charge in [0, 0.05) is 29.8 Å². The maximum Gasteiger partial charge on any atom is 0.405 e. The fourth-order valence-electron chi connectivity index (χ4n) is 4.93. The molecule has 0 radical (unpaired) electrons. The molecule has 34 heavy (non-hydrogen) atoms. The standard InChI is InChI=1S/C21H32Cl2F5N5O/c1-3-33-18(10(2)17(32-33)21(26,27)28)30-20(29-14-8-12(22)7-13(24)9-14)31-19(34)11-4-5-15(23)16(25)6-11/h10-18,32H,3-9H2,1-2H3,(H2,29,30,31,34). The third kappa shape index (κ3) is 6.85. The first kappa shape index (κ1) is 27.7. The number of hydrogen-bond donors (Lipinski definition) is 3. The van der Waals surface area contributed by atoms with Gasteiger partial charge in [0.1, 0.15) is 24.6 Å². The normalized spacial score (nSPS) is 40.3. The second-order valence-corrected chi connectivity index (χ2v) is 10.6. The number of hydrazine groups is 1. The molecule has 9 unspecified atom stereocenters. The molecule has 1 heterocycles. The Balaban J connectivity index is 1.81. The maximum atomic E-state index is 14.1. The van der Waals surface area contributed by atoms with E-state index in [1.807, 2.05) is 0 Å². The summed E-state index contributed by atoms with van der Waals surface area (Å²) in [7, 11) is 0. The van der Waals surface area contributed by atoms with Crippen molar-refractivity contribution in [1.82, 2.24) is 21.1 Å². The lowest BCUT2D eigenvalue weighted by Crippen LogP contribution is -2.52. The van der Waals surface area contributed by atoms with Crippen LogP contribution >= 0.6 is 23.2 Å². The molecule has 0 spiro atoms. The first-order valence-corrected chi connectivity index (χ1v) is 12.6. The molecule has 0 aromatic rings. The van der Waals surface area contributed by atoms with Gasteiger partial charge in [0.2, 0.25) is 5.91 Å². The van der Waals surface area contributed by atoms with Crippen molar-refractivity contribution >= 4 is 35.1 Å². The van der Waals surface area contributed by atoms with Crippen molar-refractivity contribution in [3.8, 4) is 0 Å². The summed E-state index contributed by atoms with van der Waals surface area (Å²) >= 11 is 12.1. The quantitative estimate of drug-likeness (QED) is 0.220. The number of amides is 1. The highest BCUT2D eigenvalue weighted by Gasteiger charge is 2.52. The van der Waals surface area contributed by atoms with E-state index in [0.29, 0.717) is 19.3 Å². The first-order valence-electron chi connectivity index (χ1n) is 11.7. The van der Waals surface area contributed by atoms with Gasteiger partial charge < -0.3 is 5.32 Å². The average Bonchev–Trinajstić information content (AvgIpc) is 3.05. The van der Waals surface area contributed by atoms with E-state index >= 15 is 0 Å². The fourth-order valence-corrected chi connectivity index (χ4v) is 5.57. The van der Waals surface area contributed by atoms with Crippen molar-refractivity contribution in [2.24, 2.45) is 16.8 Å². The van der Waals surface area contributed by atoms with Crippen LogP contribution in [0.4, 0.5) is 22.0 Å². The van der Waals surface area contributed by atoms with Gasteiger partial charge in [0.05, 0.1) is 5.38 Å². The van der Waals surface area contributed by atoms with Crippen molar-refractivity contribution in [3.63, 3.8) is 0 Å². The molecule has 6 nitrogen and oxygen atoms in total. The molecule has 13 heteroatoms. The second-order valence-electron chi connectivity index (χ2n) is 9.46. The van der Waals surface area contributed by atoms with E-state index in [2.05, 4.69) is 21.1 Å². The molecule has 3 aliphatic rings. The van der Waals surface area contributed by atoms with Crippen LogP contribution in [0.25, 0.3) is 0 Å². The predicted octanol–water partition coefficient (Wildman–Crippen LogP) is 4.03. The van der Waals surface area contributed by atoms with Crippen LogP contribution < -0.4 is 16.1 Å². The predicted molar refractivity (Wildman–Crippen MR) is 121 cm³/mol. The van der Waals surface area contributed by atoms with Gasteiger partial charge in [0.15, 0.2) is 5.96 Å². The van der Waals surface area contributed by atoms with Gasteiger partial charge in [-0.25, -0.2) is 24.2 Å². The summed E-state index contributed by atoms with van der Waals surface area (Å²) in [6, 6.07) is -2.27. The molecule has 196 valence electrons. The van der Waals surface area contributed by atoms with Crippen molar-refractivity contribution in [2.45, 2.75) is 99.9 Å². The zero-order chi connectivity index (χ0) is 25.2. The van der Waals surface area contributed by atoms with E-state index in [9.17, 15) is 26.7 Å². The maximum absolute atomic E-state index is 14.1. The number of halogens is 7. The number of alkyl halides is 7. The number of nitrogens with zero attached hydrogens (tertiary/aromatic N) is 2. The minimum atomic E-state index is -4.49. The Morgan fingerprint density at radius 3 is 2.44 bits per heavy atom. The third-order valence-electron chi connectivity index (χ3n) is 6.81. The number of carbonyl (C=O) groups is 1. The molecule has 1 amide bonds. The summed E-state index contributed by atoms with van der Waals surface area (Å²) in [6.45, 7) is 3.35. The summed E-state index contributed by atoms with van der Waals surface area (Å²) in [4.78, 5) is 17.3. The zero-order valence-corrected chi connectivity index (χ0v) is 20.6. The van der Waals surface area contributed by atoms with Crippen LogP contribution in [0.1, 0.15) is 52.4 Å². The second kappa shape index (κ2) is 11.4. The number of aliphatic imine (C=N–C) groups is 1. The van der Waals surface area contributed by atoms with Gasteiger partial charge in [-0.1, -0.05) is 13.8 Å². The van der Waals surface area contributed by atoms with Gasteiger partial charge in [-0.2, -0.15) is 13.2 Å². The van der Waals surface area contributed by atoms with Crippen molar-refractivity contribution in [3.05, 3.63) is 0 Å². The Labute approximate surface area is 206 Å². The van der Waals surface area contributed by atoms with Crippen LogP contribution in [0.3, 0.4) is 0 Å². The molecule has 3 fully saturated rings. The van der Waals surface area contributed by atoms with E-state index in [1.165, 1.54) is 11.9 Å². The number of nitrogens with one attached hydrogen (secondary N) is 3. The molecule has 1 saturated heterocycles. The van der Waals surface area contributed by atoms with Crippen LogP contribution in [0.15, 0.2) is 4.99 Å². The summed E-state index contributed by atoms with van der Waals surface area (Å²) in [5.41, 5.74) is 2.45. The first-order chi connectivity index (χ1) is 15.9. The Morgan fingerprint density at radius 1 is 1.15 bits per heavy atom. The third-order valence-corrected chi connectivity index (χ3v) is 7.66. The number of carbonyl (C=O) groups excluding carboxylic acids is 1. The molecule has 3 N–H and O–H groups in total. The molecule has 3 rings (SSSR count). The van der Waals surface area contributed by atoms with E-state index in [0.717, 1.165) is 0 Å². The zero-order valence-electron chi connectivity index (χ0n) is 19.1. The Bertz CT molecular complexity index is 735. The minimum Gasteiger partial charge on any atom is -0.353 e. The highest BCUT2D eigenvalue weighted by molar-refractivity contribution is 6.21. The van der Waals surface area contributed by atoms with Crippen molar-refractivity contribution < 1.29 is 26.7 Å². The van der Waals surface area contributed by atoms with E-state index in [4.69, 9.17) is 23.2 Å². The topological polar surface area (TPSA) is 68.8 Å². The van der Waals surface area contributed by atoms with E-state index in [-0.39, 0.29) is 31.8 Å². The molecule has 0 bridgehead atoms. The number of hydrogen-bond acceptors (Lipinski definition) is 4. The molecule has 0 aromatic carbocycles. The number of guanidine groups is 1. The van der Waals surface area contributed by atoms with Gasteiger partial charge in [-0.05, 0) is 38.5 Å². The van der Waals surface area contributed by atoms with Crippen LogP contribution in [-0.4, -0.2) is 70.9 Å². The lowest BCUT2D eigenvalue weighted by atomic mass is 9.87. The molecular weight excluding hydrogens is 504 g/mol. The molecule has 0 aromatic heterocycles. The summed E-state index contributed by atoms with van der Waals surface area (Å²) < 4.78 is 68.6. The Morgan fingerprint density at radius 2 is 1.85 bits per heavy atom. The highest BCUT2D eigenvalue weighted by Crippen LogP contribution is 2.34. The van der Waals surface area contributed by atoms with Crippen LogP contribution in [-0.2, 0) is 4.79 Å². The fraction of sp³-hybridized carbons (Fsp3) is 0.905. The van der Waals surface area contributed by atoms with Crippen LogP contribution in [0, 0.1) is 11.8 Å². The Hall–Kier alpha value is -0.910. The van der Waals surface area contributed by atoms with Crippen LogP contribution in [0.5, 0.6) is 0 Å². The van der Waals surface area contributed by atoms with Gasteiger partial charge >= 0.3 is 6.18 Å². The molecule has 1 aliphatic heterocycles. The highest BCUT2D eigenvalue weighted by atomic mass is 35.5.